The highest BCUT2D eigenvalue weighted by molar-refractivity contribution is 6.07. The molecule has 1 amide bonds. The molecule has 0 rings (SSSR count). The first kappa shape index (κ1) is 16.4. The number of carbonyl (C=O) groups is 3. The van der Waals surface area contributed by atoms with E-state index in [4.69, 9.17) is 15.6 Å². The van der Waals surface area contributed by atoms with Crippen LogP contribution >= 0.6 is 0 Å². The van der Waals surface area contributed by atoms with Gasteiger partial charge in [-0.1, -0.05) is 0 Å². The predicted octanol–water partition coefficient (Wildman–Crippen LogP) is -0.364. The van der Waals surface area contributed by atoms with Crippen molar-refractivity contribution in [3.63, 3.8) is 0 Å². The van der Waals surface area contributed by atoms with Crippen LogP contribution in [0.3, 0.4) is 0 Å². The molecule has 0 heterocycles. The maximum Gasteiger partial charge on any atom is 0.336 e. The Hall–Kier alpha value is -1.63. The Labute approximate surface area is 106 Å². The van der Waals surface area contributed by atoms with Gasteiger partial charge in [0.15, 0.2) is 5.54 Å². The summed E-state index contributed by atoms with van der Waals surface area (Å²) in [5.41, 5.74) is 2.91. The minimum Gasteiger partial charge on any atom is -0.481 e. The maximum atomic E-state index is 11.9. The monoisotopic (exact) mass is 260 g/mol. The van der Waals surface area contributed by atoms with E-state index in [9.17, 15) is 14.4 Å². The Bertz CT molecular complexity index is 348. The molecule has 0 aliphatic heterocycles. The summed E-state index contributed by atoms with van der Waals surface area (Å²) in [5.74, 6) is -2.84. The lowest BCUT2D eigenvalue weighted by Gasteiger charge is -2.29. The van der Waals surface area contributed by atoms with Crippen molar-refractivity contribution >= 4 is 17.8 Å². The number of aliphatic carboxylic acids is 1. The van der Waals surface area contributed by atoms with Crippen LogP contribution in [-0.4, -0.2) is 41.1 Å². The van der Waals surface area contributed by atoms with Crippen molar-refractivity contribution in [2.75, 3.05) is 7.05 Å². The number of carbonyl (C=O) groups excluding carboxylic acids is 2. The third-order valence-electron chi connectivity index (χ3n) is 2.13. The largest absolute Gasteiger partial charge is 0.481 e. The molecule has 0 radical (unpaired) electrons. The summed E-state index contributed by atoms with van der Waals surface area (Å²) in [5, 5.41) is 10.8. The second kappa shape index (κ2) is 5.81. The third kappa shape index (κ3) is 4.70. The number of nitrogens with two attached hydrogens (primary N) is 1. The zero-order valence-corrected chi connectivity index (χ0v) is 11.1. The normalized spacial score (nSPS) is 14.5. The lowest BCUT2D eigenvalue weighted by atomic mass is 9.93. The van der Waals surface area contributed by atoms with Gasteiger partial charge in [0.2, 0.25) is 0 Å². The molecule has 0 aromatic carbocycles. The Morgan fingerprint density at radius 3 is 2.11 bits per heavy atom. The average molecular weight is 260 g/mol. The molecule has 7 heteroatoms. The van der Waals surface area contributed by atoms with E-state index in [1.54, 1.807) is 20.8 Å². The van der Waals surface area contributed by atoms with Crippen molar-refractivity contribution in [1.82, 2.24) is 5.32 Å². The summed E-state index contributed by atoms with van der Waals surface area (Å²) in [6, 6.07) is 0. The SMILES string of the molecule is CNC(=O)[C@@](N)(CCC(=O)O)C(=O)OC(C)(C)C. The van der Waals surface area contributed by atoms with Crippen molar-refractivity contribution in [3.05, 3.63) is 0 Å². The van der Waals surface area contributed by atoms with E-state index < -0.39 is 35.4 Å². The molecule has 0 saturated heterocycles. The van der Waals surface area contributed by atoms with Crippen molar-refractivity contribution in [3.8, 4) is 0 Å². The van der Waals surface area contributed by atoms with Crippen LogP contribution in [0.25, 0.3) is 0 Å². The van der Waals surface area contributed by atoms with Crippen LogP contribution in [0.4, 0.5) is 0 Å². The van der Waals surface area contributed by atoms with E-state index in [1.165, 1.54) is 7.05 Å². The van der Waals surface area contributed by atoms with Crippen LogP contribution in [-0.2, 0) is 19.1 Å². The number of rotatable bonds is 5. The van der Waals surface area contributed by atoms with Gasteiger partial charge in [-0.3, -0.25) is 9.59 Å². The van der Waals surface area contributed by atoms with E-state index in [0.717, 1.165) is 0 Å². The summed E-state index contributed by atoms with van der Waals surface area (Å²) in [7, 11) is 1.31. The molecule has 0 spiro atoms. The van der Waals surface area contributed by atoms with Crippen molar-refractivity contribution in [1.29, 1.82) is 0 Å². The molecule has 4 N–H and O–H groups in total. The van der Waals surface area contributed by atoms with E-state index in [0.29, 0.717) is 0 Å². The summed E-state index contributed by atoms with van der Waals surface area (Å²) < 4.78 is 5.04. The number of likely N-dealkylation sites (N-methyl/N-ethyl adjacent to an activating group) is 1. The number of nitrogens with one attached hydrogen (secondary N) is 1. The fraction of sp³-hybridized carbons (Fsp3) is 0.727. The van der Waals surface area contributed by atoms with E-state index >= 15 is 0 Å². The van der Waals surface area contributed by atoms with Crippen LogP contribution in [0.5, 0.6) is 0 Å². The summed E-state index contributed by atoms with van der Waals surface area (Å²) >= 11 is 0. The highest BCUT2D eigenvalue weighted by Gasteiger charge is 2.44. The van der Waals surface area contributed by atoms with Crippen molar-refractivity contribution in [2.24, 2.45) is 5.73 Å². The zero-order valence-electron chi connectivity index (χ0n) is 11.1. The first-order valence-electron chi connectivity index (χ1n) is 5.49. The standard InChI is InChI=1S/C11H20N2O5/c1-10(2,3)18-9(17)11(12,8(16)13-4)6-5-7(14)15/h5-6,12H2,1-4H3,(H,13,16)(H,14,15)/t11-/m0/s1. The minimum absolute atomic E-state index is 0.322. The molecule has 0 bridgehead atoms. The fourth-order valence-electron chi connectivity index (χ4n) is 1.20. The lowest BCUT2D eigenvalue weighted by Crippen LogP contribution is -2.60. The number of hydrogen-bond donors (Lipinski definition) is 3. The third-order valence-corrected chi connectivity index (χ3v) is 2.13. The van der Waals surface area contributed by atoms with Crippen molar-refractivity contribution < 1.29 is 24.2 Å². The molecule has 104 valence electrons. The van der Waals surface area contributed by atoms with Crippen LogP contribution in [0, 0.1) is 0 Å². The molecule has 0 saturated carbocycles. The van der Waals surface area contributed by atoms with Gasteiger partial charge in [0, 0.05) is 13.5 Å². The van der Waals surface area contributed by atoms with E-state index in [-0.39, 0.29) is 6.42 Å². The van der Waals surface area contributed by atoms with Gasteiger partial charge >= 0.3 is 11.9 Å². The summed E-state index contributed by atoms with van der Waals surface area (Å²) in [4.78, 5) is 34.1. The Morgan fingerprint density at radius 2 is 1.78 bits per heavy atom. The average Bonchev–Trinajstić information content (AvgIpc) is 2.22. The lowest BCUT2D eigenvalue weighted by molar-refractivity contribution is -0.164. The Morgan fingerprint density at radius 1 is 1.28 bits per heavy atom. The second-order valence-electron chi connectivity index (χ2n) is 4.95. The number of hydrogen-bond acceptors (Lipinski definition) is 5. The first-order valence-corrected chi connectivity index (χ1v) is 5.49. The number of carboxylic acids is 1. The molecule has 0 unspecified atom stereocenters. The van der Waals surface area contributed by atoms with E-state index in [2.05, 4.69) is 5.32 Å². The Kier molecular flexibility index (Phi) is 5.29. The zero-order chi connectivity index (χ0) is 14.6. The summed E-state index contributed by atoms with van der Waals surface area (Å²) in [6.07, 6.45) is -0.722. The molecule has 7 nitrogen and oxygen atoms in total. The van der Waals surface area contributed by atoms with Crippen LogP contribution in [0.1, 0.15) is 33.6 Å². The molecule has 0 aromatic heterocycles. The molecule has 0 fully saturated rings. The first-order chi connectivity index (χ1) is 8.03. The second-order valence-corrected chi connectivity index (χ2v) is 4.95. The van der Waals surface area contributed by atoms with Gasteiger partial charge in [-0.25, -0.2) is 4.79 Å². The minimum atomic E-state index is -1.99. The Balaban J connectivity index is 5.03. The topological polar surface area (TPSA) is 119 Å². The van der Waals surface area contributed by atoms with Gasteiger partial charge in [0.25, 0.3) is 5.91 Å². The number of carboxylic acid groups (broad SMARTS) is 1. The maximum absolute atomic E-state index is 11.9. The van der Waals surface area contributed by atoms with Gasteiger partial charge in [-0.2, -0.15) is 0 Å². The van der Waals surface area contributed by atoms with Gasteiger partial charge in [0.05, 0.1) is 0 Å². The van der Waals surface area contributed by atoms with Crippen LogP contribution in [0.2, 0.25) is 0 Å². The van der Waals surface area contributed by atoms with E-state index in [1.807, 2.05) is 0 Å². The van der Waals surface area contributed by atoms with Gasteiger partial charge in [-0.15, -0.1) is 0 Å². The molecule has 1 atom stereocenters. The van der Waals surface area contributed by atoms with Crippen molar-refractivity contribution in [2.45, 2.75) is 44.8 Å². The molecular weight excluding hydrogens is 240 g/mol. The van der Waals surface area contributed by atoms with Crippen LogP contribution < -0.4 is 11.1 Å². The number of esters is 1. The molecule has 0 aliphatic rings. The van der Waals surface area contributed by atoms with Gasteiger partial charge in [-0.05, 0) is 27.2 Å². The number of ether oxygens (including phenoxy) is 1. The fourth-order valence-corrected chi connectivity index (χ4v) is 1.20. The van der Waals surface area contributed by atoms with Crippen LogP contribution in [0.15, 0.2) is 0 Å². The highest BCUT2D eigenvalue weighted by atomic mass is 16.6. The number of amides is 1. The molecule has 0 aromatic rings. The quantitative estimate of drug-likeness (QED) is 0.458. The van der Waals surface area contributed by atoms with Gasteiger partial charge < -0.3 is 20.9 Å². The highest BCUT2D eigenvalue weighted by Crippen LogP contribution is 2.17. The molecule has 18 heavy (non-hydrogen) atoms. The molecule has 0 aliphatic carbocycles. The smallest absolute Gasteiger partial charge is 0.336 e. The predicted molar refractivity (Wildman–Crippen MR) is 63.7 cm³/mol. The molecular formula is C11H20N2O5. The van der Waals surface area contributed by atoms with Gasteiger partial charge in [0.1, 0.15) is 5.60 Å². The summed E-state index contributed by atoms with van der Waals surface area (Å²) in [6.45, 7) is 4.89.